The van der Waals surface area contributed by atoms with Crippen molar-refractivity contribution in [2.24, 2.45) is 0 Å². The molecule has 0 spiro atoms. The maximum absolute atomic E-state index is 10.6. The van der Waals surface area contributed by atoms with Crippen molar-refractivity contribution < 1.29 is 78.7 Å². The molecule has 2 aromatic heterocycles. The van der Waals surface area contributed by atoms with E-state index in [2.05, 4.69) is 33.1 Å². The first-order valence-electron chi connectivity index (χ1n) is 12.4. The SMILES string of the molecule is O=C(O)C(F)(F)F.O=C(O)C(F)(F)F.O=C(O)C(F)(F)F.c1cncc(CO[C@@H]2CC[C@H]3[C@H]2OCCN3Cc2ccncc2)c1. The third kappa shape index (κ3) is 15.0. The summed E-state index contributed by atoms with van der Waals surface area (Å²) in [6, 6.07) is 8.64. The van der Waals surface area contributed by atoms with Crippen molar-refractivity contribution in [3.05, 3.63) is 60.2 Å². The summed E-state index contributed by atoms with van der Waals surface area (Å²) in [7, 11) is 0. The summed E-state index contributed by atoms with van der Waals surface area (Å²) in [5.41, 5.74) is 2.43. The highest BCUT2D eigenvalue weighted by Crippen LogP contribution is 2.33. The highest BCUT2D eigenvalue weighted by atomic mass is 19.4. The second-order valence-electron chi connectivity index (χ2n) is 8.93. The van der Waals surface area contributed by atoms with E-state index in [0.717, 1.165) is 38.1 Å². The number of carboxylic acids is 3. The molecule has 20 heteroatoms. The van der Waals surface area contributed by atoms with Crippen LogP contribution in [0.1, 0.15) is 24.0 Å². The van der Waals surface area contributed by atoms with Gasteiger partial charge in [-0.05, 0) is 42.2 Å². The number of alkyl halides is 9. The van der Waals surface area contributed by atoms with Crippen molar-refractivity contribution in [2.75, 3.05) is 13.2 Å². The molecule has 2 fully saturated rings. The Balaban J connectivity index is 0.000000396. The van der Waals surface area contributed by atoms with Crippen LogP contribution in [0.3, 0.4) is 0 Å². The van der Waals surface area contributed by atoms with Crippen molar-refractivity contribution in [3.8, 4) is 0 Å². The molecule has 0 aromatic carbocycles. The maximum atomic E-state index is 10.6. The molecule has 1 saturated heterocycles. The summed E-state index contributed by atoms with van der Waals surface area (Å²) in [6.45, 7) is 3.33. The fraction of sp³-hybridized carbons (Fsp3) is 0.480. The lowest BCUT2D eigenvalue weighted by Crippen LogP contribution is -2.51. The number of aliphatic carboxylic acids is 3. The topological polar surface area (TPSA) is 159 Å². The van der Waals surface area contributed by atoms with Gasteiger partial charge in [0.15, 0.2) is 0 Å². The Morgan fingerprint density at radius 3 is 1.76 bits per heavy atom. The Kier molecular flexibility index (Phi) is 15.1. The number of fused-ring (bicyclic) bond motifs is 1. The van der Waals surface area contributed by atoms with Gasteiger partial charge in [0.1, 0.15) is 0 Å². The molecule has 0 radical (unpaired) electrons. The average molecular weight is 667 g/mol. The van der Waals surface area contributed by atoms with Gasteiger partial charge < -0.3 is 24.8 Å². The van der Waals surface area contributed by atoms with Crippen LogP contribution in [0.5, 0.6) is 0 Å². The Labute approximate surface area is 248 Å². The minimum absolute atomic E-state index is 0.176. The molecule has 3 atom stereocenters. The number of halogens is 9. The molecule has 3 heterocycles. The number of aromatic nitrogens is 2. The van der Waals surface area contributed by atoms with E-state index in [9.17, 15) is 39.5 Å². The van der Waals surface area contributed by atoms with E-state index < -0.39 is 36.4 Å². The number of hydrogen-bond acceptors (Lipinski definition) is 8. The van der Waals surface area contributed by atoms with Gasteiger partial charge in [0.25, 0.3) is 0 Å². The predicted molar refractivity (Wildman–Crippen MR) is 131 cm³/mol. The molecule has 252 valence electrons. The summed E-state index contributed by atoms with van der Waals surface area (Å²) in [4.78, 5) is 37.5. The first-order valence-corrected chi connectivity index (χ1v) is 12.4. The van der Waals surface area contributed by atoms with Gasteiger partial charge >= 0.3 is 36.4 Å². The molecule has 2 aromatic rings. The fourth-order valence-electron chi connectivity index (χ4n) is 3.78. The van der Waals surface area contributed by atoms with Crippen molar-refractivity contribution in [3.63, 3.8) is 0 Å². The molecule has 0 bridgehead atoms. The van der Waals surface area contributed by atoms with E-state index in [1.165, 1.54) is 5.56 Å². The van der Waals surface area contributed by atoms with Crippen molar-refractivity contribution in [1.29, 1.82) is 0 Å². The van der Waals surface area contributed by atoms with Crippen LogP contribution in [0.15, 0.2) is 49.1 Å². The molecule has 0 unspecified atom stereocenters. The number of morpholine rings is 1. The van der Waals surface area contributed by atoms with Gasteiger partial charge in [0, 0.05) is 43.9 Å². The number of carbonyl (C=O) groups is 3. The Morgan fingerprint density at radius 2 is 1.31 bits per heavy atom. The van der Waals surface area contributed by atoms with Crippen LogP contribution < -0.4 is 0 Å². The summed E-state index contributed by atoms with van der Waals surface area (Å²) in [6.07, 6.45) is -5.33. The van der Waals surface area contributed by atoms with Crippen LogP contribution in [0.25, 0.3) is 0 Å². The summed E-state index contributed by atoms with van der Waals surface area (Å²) < 4.78 is 107. The lowest BCUT2D eigenvalue weighted by Gasteiger charge is -2.39. The second-order valence-corrected chi connectivity index (χ2v) is 8.93. The molecular weight excluding hydrogens is 641 g/mol. The van der Waals surface area contributed by atoms with Crippen LogP contribution >= 0.6 is 0 Å². The highest BCUT2D eigenvalue weighted by molar-refractivity contribution is 5.73. The third-order valence-corrected chi connectivity index (χ3v) is 5.70. The van der Waals surface area contributed by atoms with E-state index in [-0.39, 0.29) is 12.2 Å². The summed E-state index contributed by atoms with van der Waals surface area (Å²) >= 11 is 0. The Hall–Kier alpha value is -4.04. The van der Waals surface area contributed by atoms with Gasteiger partial charge in [-0.2, -0.15) is 39.5 Å². The van der Waals surface area contributed by atoms with Crippen molar-refractivity contribution >= 4 is 17.9 Å². The predicted octanol–water partition coefficient (Wildman–Crippen LogP) is 4.33. The lowest BCUT2D eigenvalue weighted by molar-refractivity contribution is -0.193. The first-order chi connectivity index (χ1) is 20.7. The van der Waals surface area contributed by atoms with E-state index in [1.54, 1.807) is 6.20 Å². The number of hydrogen-bond donors (Lipinski definition) is 3. The van der Waals surface area contributed by atoms with Crippen LogP contribution in [0, 0.1) is 0 Å². The van der Waals surface area contributed by atoms with E-state index in [4.69, 9.17) is 39.2 Å². The number of carboxylic acid groups (broad SMARTS) is 3. The van der Waals surface area contributed by atoms with Gasteiger partial charge in [-0.3, -0.25) is 14.9 Å². The van der Waals surface area contributed by atoms with Crippen LogP contribution in [0.2, 0.25) is 0 Å². The van der Waals surface area contributed by atoms with Gasteiger partial charge in [-0.25, -0.2) is 14.4 Å². The molecule has 45 heavy (non-hydrogen) atoms. The average Bonchev–Trinajstić information content (AvgIpc) is 3.37. The normalized spacial score (nSPS) is 19.7. The molecule has 1 aliphatic carbocycles. The second kappa shape index (κ2) is 17.4. The molecule has 3 N–H and O–H groups in total. The van der Waals surface area contributed by atoms with Crippen molar-refractivity contribution in [2.45, 2.75) is 62.8 Å². The van der Waals surface area contributed by atoms with Gasteiger partial charge in [-0.1, -0.05) is 6.07 Å². The maximum Gasteiger partial charge on any atom is 0.490 e. The largest absolute Gasteiger partial charge is 0.490 e. The number of ether oxygens (including phenoxy) is 2. The van der Waals surface area contributed by atoms with Gasteiger partial charge in [-0.15, -0.1) is 0 Å². The fourth-order valence-corrected chi connectivity index (χ4v) is 3.78. The number of nitrogens with zero attached hydrogens (tertiary/aromatic N) is 3. The minimum Gasteiger partial charge on any atom is -0.475 e. The zero-order chi connectivity index (χ0) is 34.4. The van der Waals surface area contributed by atoms with Gasteiger partial charge in [0.05, 0.1) is 25.4 Å². The number of rotatable bonds is 5. The standard InChI is InChI=1S/C19H23N3O2.3C2HF3O2/c1-2-16(12-21-7-1)14-24-18-4-3-17-19(18)23-11-10-22(17)13-15-5-8-20-9-6-15;3*3-2(4,5)1(6)7/h1-2,5-9,12,17-19H,3-4,10-11,13-14H2;3*(H,6,7)/t17-,18+,19+;;;/m0.../s1. The van der Waals surface area contributed by atoms with Crippen LogP contribution in [-0.4, -0.2) is 98.0 Å². The van der Waals surface area contributed by atoms with Gasteiger partial charge in [0.2, 0.25) is 0 Å². The van der Waals surface area contributed by atoms with Crippen molar-refractivity contribution in [1.82, 2.24) is 14.9 Å². The Morgan fingerprint density at radius 1 is 0.800 bits per heavy atom. The molecule has 2 aliphatic rings. The molecule has 0 amide bonds. The van der Waals surface area contributed by atoms with E-state index >= 15 is 0 Å². The summed E-state index contributed by atoms with van der Waals surface area (Å²) in [5, 5.41) is 21.4. The van der Waals surface area contributed by atoms with E-state index in [0.29, 0.717) is 12.6 Å². The molecule has 4 rings (SSSR count). The molecule has 1 aliphatic heterocycles. The highest BCUT2D eigenvalue weighted by Gasteiger charge is 2.43. The zero-order valence-electron chi connectivity index (χ0n) is 22.7. The molecule has 11 nitrogen and oxygen atoms in total. The smallest absolute Gasteiger partial charge is 0.475 e. The zero-order valence-corrected chi connectivity index (χ0v) is 22.7. The summed E-state index contributed by atoms with van der Waals surface area (Å²) in [5.74, 6) is -8.27. The van der Waals surface area contributed by atoms with E-state index in [1.807, 2.05) is 24.7 Å². The molecular formula is C25H26F9N3O8. The molecule has 1 saturated carbocycles. The third-order valence-electron chi connectivity index (χ3n) is 5.70. The van der Waals surface area contributed by atoms with Crippen LogP contribution in [-0.2, 0) is 37.0 Å². The van der Waals surface area contributed by atoms with Crippen LogP contribution in [0.4, 0.5) is 39.5 Å². The first kappa shape index (κ1) is 39.0. The quantitative estimate of drug-likeness (QED) is 0.390. The Bertz CT molecular complexity index is 1140. The number of pyridine rings is 2. The lowest BCUT2D eigenvalue weighted by atomic mass is 10.1. The monoisotopic (exact) mass is 667 g/mol. The minimum atomic E-state index is -5.08.